The van der Waals surface area contributed by atoms with E-state index in [9.17, 15) is 10.1 Å². The zero-order chi connectivity index (χ0) is 14.0. The first-order valence-corrected chi connectivity index (χ1v) is 7.04. The van der Waals surface area contributed by atoms with Crippen molar-refractivity contribution in [3.8, 4) is 0 Å². The van der Waals surface area contributed by atoms with Crippen LogP contribution in [0.4, 0.5) is 11.5 Å². The van der Waals surface area contributed by atoms with E-state index in [1.807, 2.05) is 13.1 Å². The molecule has 2 heterocycles. The molecule has 19 heavy (non-hydrogen) atoms. The van der Waals surface area contributed by atoms with Crippen LogP contribution in [0.2, 0.25) is 0 Å². The highest BCUT2D eigenvalue weighted by Gasteiger charge is 2.17. The summed E-state index contributed by atoms with van der Waals surface area (Å²) in [7, 11) is 0. The van der Waals surface area contributed by atoms with Crippen molar-refractivity contribution in [2.45, 2.75) is 20.4 Å². The molecule has 0 aliphatic rings. The van der Waals surface area contributed by atoms with E-state index in [0.29, 0.717) is 22.4 Å². The average Bonchev–Trinajstić information content (AvgIpc) is 2.76. The molecule has 0 atom stereocenters. The standard InChI is InChI=1S/C11H11BrN4O2S/c1-6-3-13-9(19-6)5-15-11-10(12)7(2)8(4-14-11)16(17)18/h3-4H,5H2,1-2H3,(H,14,15). The predicted molar refractivity (Wildman–Crippen MR) is 77.5 cm³/mol. The SMILES string of the molecule is Cc1cnc(CNc2ncc([N+](=O)[O-])c(C)c2Br)s1. The number of nitrogens with one attached hydrogen (secondary N) is 1. The van der Waals surface area contributed by atoms with E-state index in [2.05, 4.69) is 31.2 Å². The number of rotatable bonds is 4. The molecular formula is C11H11BrN4O2S. The Hall–Kier alpha value is -1.54. The van der Waals surface area contributed by atoms with Gasteiger partial charge in [-0.1, -0.05) is 0 Å². The molecule has 0 bridgehead atoms. The van der Waals surface area contributed by atoms with E-state index in [1.165, 1.54) is 6.20 Å². The van der Waals surface area contributed by atoms with Gasteiger partial charge < -0.3 is 5.32 Å². The molecule has 1 N–H and O–H groups in total. The molecule has 2 aromatic heterocycles. The first-order valence-electron chi connectivity index (χ1n) is 5.43. The highest BCUT2D eigenvalue weighted by Crippen LogP contribution is 2.30. The number of anilines is 1. The van der Waals surface area contributed by atoms with Crippen LogP contribution < -0.4 is 5.32 Å². The van der Waals surface area contributed by atoms with Crippen LogP contribution in [0.25, 0.3) is 0 Å². The fraction of sp³-hybridized carbons (Fsp3) is 0.273. The third-order valence-corrected chi connectivity index (χ3v) is 4.39. The smallest absolute Gasteiger partial charge is 0.291 e. The Morgan fingerprint density at radius 1 is 1.42 bits per heavy atom. The van der Waals surface area contributed by atoms with Crippen LogP contribution in [0.3, 0.4) is 0 Å². The highest BCUT2D eigenvalue weighted by molar-refractivity contribution is 9.10. The lowest BCUT2D eigenvalue weighted by molar-refractivity contribution is -0.385. The van der Waals surface area contributed by atoms with Crippen LogP contribution in [-0.2, 0) is 6.54 Å². The fourth-order valence-corrected chi connectivity index (χ4v) is 2.69. The number of hydrogen-bond acceptors (Lipinski definition) is 6. The molecule has 0 aliphatic heterocycles. The highest BCUT2D eigenvalue weighted by atomic mass is 79.9. The monoisotopic (exact) mass is 342 g/mol. The van der Waals surface area contributed by atoms with Gasteiger partial charge in [0.2, 0.25) is 0 Å². The minimum Gasteiger partial charge on any atom is -0.363 e. The molecule has 8 heteroatoms. The molecule has 0 amide bonds. The number of thiazole rings is 1. The Kier molecular flexibility index (Phi) is 4.11. The van der Waals surface area contributed by atoms with Crippen molar-refractivity contribution in [1.82, 2.24) is 9.97 Å². The number of hydrogen-bond donors (Lipinski definition) is 1. The molecule has 2 aromatic rings. The summed E-state index contributed by atoms with van der Waals surface area (Å²) in [6.45, 7) is 4.22. The average molecular weight is 343 g/mol. The van der Waals surface area contributed by atoms with Crippen molar-refractivity contribution in [2.24, 2.45) is 0 Å². The number of aryl methyl sites for hydroxylation is 1. The van der Waals surface area contributed by atoms with Gasteiger partial charge in [0.05, 0.1) is 15.9 Å². The van der Waals surface area contributed by atoms with Gasteiger partial charge in [-0.05, 0) is 29.8 Å². The predicted octanol–water partition coefficient (Wildman–Crippen LogP) is 3.44. The van der Waals surface area contributed by atoms with E-state index in [0.717, 1.165) is 9.88 Å². The Bertz CT molecular complexity index is 629. The molecule has 0 radical (unpaired) electrons. The van der Waals surface area contributed by atoms with Gasteiger partial charge in [-0.3, -0.25) is 10.1 Å². The van der Waals surface area contributed by atoms with Gasteiger partial charge in [-0.2, -0.15) is 0 Å². The lowest BCUT2D eigenvalue weighted by atomic mass is 10.2. The maximum atomic E-state index is 10.8. The van der Waals surface area contributed by atoms with Gasteiger partial charge in [-0.15, -0.1) is 11.3 Å². The van der Waals surface area contributed by atoms with E-state index in [1.54, 1.807) is 18.3 Å². The molecule has 2 rings (SSSR count). The molecule has 0 aromatic carbocycles. The van der Waals surface area contributed by atoms with Crippen LogP contribution in [0.1, 0.15) is 15.4 Å². The second-order valence-corrected chi connectivity index (χ2v) is 6.02. The summed E-state index contributed by atoms with van der Waals surface area (Å²) < 4.78 is 0.606. The van der Waals surface area contributed by atoms with Gasteiger partial charge >= 0.3 is 0 Å². The van der Waals surface area contributed by atoms with Gasteiger partial charge in [0.15, 0.2) is 0 Å². The normalized spacial score (nSPS) is 10.5. The molecule has 6 nitrogen and oxygen atoms in total. The van der Waals surface area contributed by atoms with Crippen LogP contribution in [0.15, 0.2) is 16.9 Å². The van der Waals surface area contributed by atoms with Crippen molar-refractivity contribution in [3.63, 3.8) is 0 Å². The third kappa shape index (κ3) is 3.07. The lowest BCUT2D eigenvalue weighted by Crippen LogP contribution is -2.04. The van der Waals surface area contributed by atoms with Crippen molar-refractivity contribution in [2.75, 3.05) is 5.32 Å². The summed E-state index contributed by atoms with van der Waals surface area (Å²) >= 11 is 4.93. The largest absolute Gasteiger partial charge is 0.363 e. The summed E-state index contributed by atoms with van der Waals surface area (Å²) in [4.78, 5) is 19.8. The molecule has 0 fully saturated rings. The minimum atomic E-state index is -0.443. The molecule has 0 saturated heterocycles. The van der Waals surface area contributed by atoms with Crippen molar-refractivity contribution < 1.29 is 4.92 Å². The number of aromatic nitrogens is 2. The van der Waals surface area contributed by atoms with Crippen LogP contribution in [0, 0.1) is 24.0 Å². The molecule has 100 valence electrons. The Balaban J connectivity index is 2.17. The first kappa shape index (κ1) is 13.9. The van der Waals surface area contributed by atoms with Crippen molar-refractivity contribution in [1.29, 1.82) is 0 Å². The number of pyridine rings is 1. The third-order valence-electron chi connectivity index (χ3n) is 2.51. The molecule has 0 aliphatic carbocycles. The molecule has 0 unspecified atom stereocenters. The molecular weight excluding hydrogens is 332 g/mol. The van der Waals surface area contributed by atoms with Gasteiger partial charge in [0.1, 0.15) is 17.0 Å². The Labute approximate surface area is 122 Å². The van der Waals surface area contributed by atoms with Crippen molar-refractivity contribution in [3.05, 3.63) is 42.4 Å². The van der Waals surface area contributed by atoms with E-state index >= 15 is 0 Å². The Morgan fingerprint density at radius 2 is 2.16 bits per heavy atom. The summed E-state index contributed by atoms with van der Waals surface area (Å²) in [5.74, 6) is 0.580. The van der Waals surface area contributed by atoms with Crippen LogP contribution >= 0.6 is 27.3 Å². The van der Waals surface area contributed by atoms with Gasteiger partial charge in [-0.25, -0.2) is 9.97 Å². The maximum Gasteiger partial charge on any atom is 0.291 e. The zero-order valence-corrected chi connectivity index (χ0v) is 12.7. The van der Waals surface area contributed by atoms with Crippen molar-refractivity contribution >= 4 is 38.8 Å². The second kappa shape index (κ2) is 5.62. The summed E-state index contributed by atoms with van der Waals surface area (Å²) in [6.07, 6.45) is 3.07. The van der Waals surface area contributed by atoms with E-state index < -0.39 is 4.92 Å². The number of halogens is 1. The fourth-order valence-electron chi connectivity index (χ4n) is 1.52. The van der Waals surface area contributed by atoms with E-state index in [4.69, 9.17) is 0 Å². The molecule has 0 saturated carbocycles. The van der Waals surface area contributed by atoms with E-state index in [-0.39, 0.29) is 5.69 Å². The number of nitrogens with zero attached hydrogens (tertiary/aromatic N) is 3. The molecule has 0 spiro atoms. The Morgan fingerprint density at radius 3 is 2.74 bits per heavy atom. The lowest BCUT2D eigenvalue weighted by Gasteiger charge is -2.08. The minimum absolute atomic E-state index is 0.00233. The second-order valence-electron chi connectivity index (χ2n) is 3.91. The van der Waals surface area contributed by atoms with Crippen LogP contribution in [-0.4, -0.2) is 14.9 Å². The first-order chi connectivity index (χ1) is 8.99. The topological polar surface area (TPSA) is 81.0 Å². The summed E-state index contributed by atoms with van der Waals surface area (Å²) in [6, 6.07) is 0. The van der Waals surface area contributed by atoms with Crippen LogP contribution in [0.5, 0.6) is 0 Å². The number of nitro groups is 1. The summed E-state index contributed by atoms with van der Waals surface area (Å²) in [5.41, 5.74) is 0.556. The quantitative estimate of drug-likeness (QED) is 0.679. The van der Waals surface area contributed by atoms with Gasteiger partial charge in [0, 0.05) is 16.6 Å². The summed E-state index contributed by atoms with van der Waals surface area (Å²) in [5, 5.41) is 14.8. The zero-order valence-electron chi connectivity index (χ0n) is 10.3. The van der Waals surface area contributed by atoms with Gasteiger partial charge in [0.25, 0.3) is 5.69 Å². The maximum absolute atomic E-state index is 10.8.